The first-order chi connectivity index (χ1) is 9.27. The number of nitrogens with one attached hydrogen (secondary N) is 2. The molecule has 4 N–H and O–H groups in total. The maximum atomic E-state index is 11.9. The summed E-state index contributed by atoms with van der Waals surface area (Å²) in [7, 11) is -3.48. The lowest BCUT2D eigenvalue weighted by Crippen LogP contribution is -2.26. The lowest BCUT2D eigenvalue weighted by molar-refractivity contribution is -0.118. The Morgan fingerprint density at radius 1 is 1.45 bits per heavy atom. The summed E-state index contributed by atoms with van der Waals surface area (Å²) in [5, 5.41) is 2.60. The molecule has 1 aromatic rings. The Bertz CT molecular complexity index is 640. The lowest BCUT2D eigenvalue weighted by atomic mass is 10.2. The highest BCUT2D eigenvalue weighted by atomic mass is 32.2. The molecule has 1 aliphatic rings. The van der Waals surface area contributed by atoms with Crippen LogP contribution in [0.3, 0.4) is 0 Å². The van der Waals surface area contributed by atoms with Gasteiger partial charge in [0.25, 0.3) is 5.91 Å². The van der Waals surface area contributed by atoms with Crippen LogP contribution in [-0.4, -0.2) is 26.7 Å². The van der Waals surface area contributed by atoms with Gasteiger partial charge in [-0.1, -0.05) is 13.8 Å². The quantitative estimate of drug-likeness (QED) is 0.718. The Hall–Kier alpha value is -1.96. The van der Waals surface area contributed by atoms with E-state index in [0.717, 1.165) is 0 Å². The van der Waals surface area contributed by atoms with Crippen LogP contribution in [0.1, 0.15) is 13.8 Å². The molecule has 7 nitrogen and oxygen atoms in total. The second-order valence-corrected chi connectivity index (χ2v) is 6.82. The van der Waals surface area contributed by atoms with Crippen molar-refractivity contribution in [3.05, 3.63) is 12.1 Å². The predicted molar refractivity (Wildman–Crippen MR) is 77.2 cm³/mol. The van der Waals surface area contributed by atoms with Gasteiger partial charge in [-0.2, -0.15) is 0 Å². The Morgan fingerprint density at radius 2 is 2.15 bits per heavy atom. The number of hydrogen-bond acceptors (Lipinski definition) is 5. The molecule has 2 rings (SSSR count). The van der Waals surface area contributed by atoms with Crippen LogP contribution in [0.25, 0.3) is 0 Å². The van der Waals surface area contributed by atoms with Gasteiger partial charge in [0, 0.05) is 6.07 Å². The molecular formula is C12H17N3O4S. The Balaban J connectivity index is 2.29. The summed E-state index contributed by atoms with van der Waals surface area (Å²) in [4.78, 5) is 11.2. The molecule has 0 atom stereocenters. The van der Waals surface area contributed by atoms with Crippen molar-refractivity contribution in [1.82, 2.24) is 0 Å². The minimum atomic E-state index is -3.48. The number of sulfonamides is 1. The molecule has 0 spiro atoms. The Kier molecular flexibility index (Phi) is 3.76. The average molecular weight is 299 g/mol. The fourth-order valence-electron chi connectivity index (χ4n) is 1.88. The predicted octanol–water partition coefficient (Wildman–Crippen LogP) is 0.997. The van der Waals surface area contributed by atoms with E-state index in [1.807, 2.05) is 13.8 Å². The van der Waals surface area contributed by atoms with E-state index < -0.39 is 10.0 Å². The zero-order valence-electron chi connectivity index (χ0n) is 11.3. The average Bonchev–Trinajstić information content (AvgIpc) is 2.28. The molecule has 0 unspecified atom stereocenters. The number of fused-ring (bicyclic) bond motifs is 1. The van der Waals surface area contributed by atoms with E-state index in [4.69, 9.17) is 10.5 Å². The maximum Gasteiger partial charge on any atom is 0.262 e. The van der Waals surface area contributed by atoms with Crippen LogP contribution in [0.4, 0.5) is 17.1 Å². The van der Waals surface area contributed by atoms with Gasteiger partial charge in [-0.05, 0) is 12.0 Å². The number of hydrogen-bond donors (Lipinski definition) is 3. The van der Waals surface area contributed by atoms with Gasteiger partial charge in [0.1, 0.15) is 5.75 Å². The summed E-state index contributed by atoms with van der Waals surface area (Å²) in [5.41, 5.74) is 6.67. The molecule has 0 aliphatic carbocycles. The summed E-state index contributed by atoms with van der Waals surface area (Å²) >= 11 is 0. The molecule has 1 amide bonds. The normalized spacial score (nSPS) is 14.4. The largest absolute Gasteiger partial charge is 0.482 e. The SMILES string of the molecule is CC(C)CS(=O)(=O)Nc1cc2c(cc1N)OCC(=O)N2. The van der Waals surface area contributed by atoms with Crippen LogP contribution in [0.2, 0.25) is 0 Å². The van der Waals surface area contributed by atoms with Crippen molar-refractivity contribution >= 4 is 33.0 Å². The lowest BCUT2D eigenvalue weighted by Gasteiger charge is -2.20. The van der Waals surface area contributed by atoms with Crippen LogP contribution < -0.4 is 20.5 Å². The molecule has 1 aromatic carbocycles. The van der Waals surface area contributed by atoms with Crippen LogP contribution >= 0.6 is 0 Å². The van der Waals surface area contributed by atoms with Crippen LogP contribution in [0.5, 0.6) is 5.75 Å². The smallest absolute Gasteiger partial charge is 0.262 e. The summed E-state index contributed by atoms with van der Waals surface area (Å²) in [6.07, 6.45) is 0. The van der Waals surface area contributed by atoms with Crippen LogP contribution in [0.15, 0.2) is 12.1 Å². The van der Waals surface area contributed by atoms with Crippen molar-refractivity contribution in [2.45, 2.75) is 13.8 Å². The summed E-state index contributed by atoms with van der Waals surface area (Å²) in [5.74, 6) is 0.119. The third kappa shape index (κ3) is 3.32. The summed E-state index contributed by atoms with van der Waals surface area (Å²) in [6.45, 7) is 3.54. The van der Waals surface area contributed by atoms with Gasteiger partial charge >= 0.3 is 0 Å². The molecule has 0 bridgehead atoms. The fourth-order valence-corrected chi connectivity index (χ4v) is 3.35. The topological polar surface area (TPSA) is 111 Å². The number of amides is 1. The van der Waals surface area contributed by atoms with E-state index in [-0.39, 0.29) is 35.6 Å². The zero-order valence-corrected chi connectivity index (χ0v) is 12.1. The highest BCUT2D eigenvalue weighted by Crippen LogP contribution is 2.35. The molecule has 8 heteroatoms. The van der Waals surface area contributed by atoms with Gasteiger partial charge in [-0.15, -0.1) is 0 Å². The first-order valence-electron chi connectivity index (χ1n) is 6.13. The minimum Gasteiger partial charge on any atom is -0.482 e. The first kappa shape index (κ1) is 14.4. The van der Waals surface area contributed by atoms with Crippen molar-refractivity contribution in [2.24, 2.45) is 5.92 Å². The molecule has 20 heavy (non-hydrogen) atoms. The van der Waals surface area contributed by atoms with Gasteiger partial charge < -0.3 is 15.8 Å². The van der Waals surface area contributed by atoms with E-state index >= 15 is 0 Å². The van der Waals surface area contributed by atoms with Crippen molar-refractivity contribution in [3.8, 4) is 5.75 Å². The molecule has 0 fully saturated rings. The molecule has 0 saturated heterocycles. The highest BCUT2D eigenvalue weighted by molar-refractivity contribution is 7.92. The van der Waals surface area contributed by atoms with E-state index in [2.05, 4.69) is 10.0 Å². The van der Waals surface area contributed by atoms with Crippen LogP contribution in [0, 0.1) is 5.92 Å². The fraction of sp³-hybridized carbons (Fsp3) is 0.417. The molecule has 0 radical (unpaired) electrons. The first-order valence-corrected chi connectivity index (χ1v) is 7.79. The van der Waals surface area contributed by atoms with E-state index in [1.165, 1.54) is 12.1 Å². The molecule has 0 saturated carbocycles. The monoisotopic (exact) mass is 299 g/mol. The van der Waals surface area contributed by atoms with Gasteiger partial charge in [0.05, 0.1) is 22.8 Å². The number of benzene rings is 1. The van der Waals surface area contributed by atoms with Crippen molar-refractivity contribution in [1.29, 1.82) is 0 Å². The summed E-state index contributed by atoms with van der Waals surface area (Å²) < 4.78 is 31.4. The number of nitrogen functional groups attached to an aromatic ring is 1. The molecular weight excluding hydrogens is 282 g/mol. The number of carbonyl (C=O) groups excluding carboxylic acids is 1. The van der Waals surface area contributed by atoms with Crippen molar-refractivity contribution < 1.29 is 17.9 Å². The molecule has 1 aliphatic heterocycles. The molecule has 0 aromatic heterocycles. The number of rotatable bonds is 4. The number of carbonyl (C=O) groups is 1. The Labute approximate surface area is 117 Å². The second kappa shape index (κ2) is 5.20. The van der Waals surface area contributed by atoms with Gasteiger partial charge in [0.15, 0.2) is 6.61 Å². The third-order valence-electron chi connectivity index (χ3n) is 2.60. The highest BCUT2D eigenvalue weighted by Gasteiger charge is 2.20. The number of nitrogens with two attached hydrogens (primary N) is 1. The standard InChI is InChI=1S/C12H17N3O4S/c1-7(2)6-20(17,18)15-9-4-10-11(3-8(9)13)19-5-12(16)14-10/h3-4,7,15H,5-6,13H2,1-2H3,(H,14,16). The molecule has 110 valence electrons. The van der Waals surface area contributed by atoms with Gasteiger partial charge in [-0.3, -0.25) is 9.52 Å². The van der Waals surface area contributed by atoms with E-state index in [0.29, 0.717) is 11.4 Å². The number of ether oxygens (including phenoxy) is 1. The minimum absolute atomic E-state index is 0.00520. The third-order valence-corrected chi connectivity index (χ3v) is 4.24. The molecule has 1 heterocycles. The number of anilines is 3. The second-order valence-electron chi connectivity index (χ2n) is 5.05. The van der Waals surface area contributed by atoms with Gasteiger partial charge in [-0.25, -0.2) is 8.42 Å². The zero-order chi connectivity index (χ0) is 14.9. The van der Waals surface area contributed by atoms with Gasteiger partial charge in [0.2, 0.25) is 10.0 Å². The Morgan fingerprint density at radius 3 is 2.80 bits per heavy atom. The van der Waals surface area contributed by atoms with Crippen molar-refractivity contribution in [2.75, 3.05) is 28.1 Å². The van der Waals surface area contributed by atoms with Crippen LogP contribution in [-0.2, 0) is 14.8 Å². The maximum absolute atomic E-state index is 11.9. The summed E-state index contributed by atoms with van der Waals surface area (Å²) in [6, 6.07) is 2.95. The van der Waals surface area contributed by atoms with E-state index in [1.54, 1.807) is 0 Å². The van der Waals surface area contributed by atoms with E-state index in [9.17, 15) is 13.2 Å². The van der Waals surface area contributed by atoms with Crippen molar-refractivity contribution in [3.63, 3.8) is 0 Å².